The SMILES string of the molecule is COCCCN(CC(=O)Nc1nc(C)cs1)C(=O)c1cc(OC)cc(OC)c1. The average Bonchev–Trinajstić information content (AvgIpc) is 3.10. The van der Waals surface area contributed by atoms with Crippen LogP contribution in [0.25, 0.3) is 0 Å². The molecule has 1 N–H and O–H groups in total. The quantitative estimate of drug-likeness (QED) is 0.609. The first kappa shape index (κ1) is 21.6. The second-order valence-electron chi connectivity index (χ2n) is 6.02. The molecule has 0 saturated carbocycles. The van der Waals surface area contributed by atoms with E-state index >= 15 is 0 Å². The Balaban J connectivity index is 2.16. The fraction of sp³-hybridized carbons (Fsp3) is 0.421. The van der Waals surface area contributed by atoms with Gasteiger partial charge < -0.3 is 24.4 Å². The number of hydrogen-bond donors (Lipinski definition) is 1. The van der Waals surface area contributed by atoms with Gasteiger partial charge in [0, 0.05) is 37.3 Å². The highest BCUT2D eigenvalue weighted by molar-refractivity contribution is 7.13. The third-order valence-corrected chi connectivity index (χ3v) is 4.74. The molecule has 2 rings (SSSR count). The van der Waals surface area contributed by atoms with E-state index in [9.17, 15) is 9.59 Å². The van der Waals surface area contributed by atoms with Gasteiger partial charge in [-0.3, -0.25) is 9.59 Å². The van der Waals surface area contributed by atoms with Gasteiger partial charge in [0.25, 0.3) is 5.91 Å². The molecule has 9 heteroatoms. The molecule has 0 saturated heterocycles. The Hall–Kier alpha value is -2.65. The lowest BCUT2D eigenvalue weighted by atomic mass is 10.1. The van der Waals surface area contributed by atoms with Crippen molar-refractivity contribution in [2.24, 2.45) is 0 Å². The Bertz CT molecular complexity index is 786. The number of carbonyl (C=O) groups is 2. The Kier molecular flexibility index (Phi) is 8.21. The van der Waals surface area contributed by atoms with Crippen molar-refractivity contribution in [3.8, 4) is 11.5 Å². The van der Waals surface area contributed by atoms with Gasteiger partial charge >= 0.3 is 0 Å². The molecule has 0 bridgehead atoms. The summed E-state index contributed by atoms with van der Waals surface area (Å²) >= 11 is 1.34. The molecular formula is C19H25N3O5S. The van der Waals surface area contributed by atoms with Crippen molar-refractivity contribution < 1.29 is 23.8 Å². The smallest absolute Gasteiger partial charge is 0.254 e. The molecule has 0 unspecified atom stereocenters. The fourth-order valence-corrected chi connectivity index (χ4v) is 3.21. The molecule has 152 valence electrons. The molecule has 28 heavy (non-hydrogen) atoms. The predicted molar refractivity (Wildman–Crippen MR) is 107 cm³/mol. The first-order chi connectivity index (χ1) is 13.5. The summed E-state index contributed by atoms with van der Waals surface area (Å²) < 4.78 is 15.5. The summed E-state index contributed by atoms with van der Waals surface area (Å²) in [6.45, 7) is 2.61. The highest BCUT2D eigenvalue weighted by Gasteiger charge is 2.21. The maximum absolute atomic E-state index is 13.0. The van der Waals surface area contributed by atoms with Gasteiger partial charge in [0.15, 0.2) is 5.13 Å². The molecule has 1 aromatic heterocycles. The number of carbonyl (C=O) groups excluding carboxylic acids is 2. The number of benzene rings is 1. The summed E-state index contributed by atoms with van der Waals surface area (Å²) in [5.41, 5.74) is 1.21. The molecular weight excluding hydrogens is 382 g/mol. The van der Waals surface area contributed by atoms with Crippen LogP contribution in [0.15, 0.2) is 23.6 Å². The number of hydrogen-bond acceptors (Lipinski definition) is 7. The zero-order valence-corrected chi connectivity index (χ0v) is 17.3. The van der Waals surface area contributed by atoms with Crippen molar-refractivity contribution >= 4 is 28.3 Å². The van der Waals surface area contributed by atoms with Crippen molar-refractivity contribution in [3.05, 3.63) is 34.8 Å². The summed E-state index contributed by atoms with van der Waals surface area (Å²) in [6.07, 6.45) is 0.604. The van der Waals surface area contributed by atoms with Gasteiger partial charge in [-0.15, -0.1) is 11.3 Å². The number of rotatable bonds is 10. The van der Waals surface area contributed by atoms with Crippen molar-refractivity contribution in [1.82, 2.24) is 9.88 Å². The summed E-state index contributed by atoms with van der Waals surface area (Å²) in [6, 6.07) is 4.93. The average molecular weight is 407 g/mol. The van der Waals surface area contributed by atoms with Crippen LogP contribution >= 0.6 is 11.3 Å². The third-order valence-electron chi connectivity index (χ3n) is 3.86. The Morgan fingerprint density at radius 1 is 1.14 bits per heavy atom. The lowest BCUT2D eigenvalue weighted by Gasteiger charge is -2.22. The lowest BCUT2D eigenvalue weighted by Crippen LogP contribution is -2.39. The number of amides is 2. The molecule has 0 aliphatic heterocycles. The van der Waals surface area contributed by atoms with Crippen LogP contribution in [0.3, 0.4) is 0 Å². The standard InChI is InChI=1S/C19H25N3O5S/c1-13-12-28-19(20-13)21-17(23)11-22(6-5-7-25-2)18(24)14-8-15(26-3)10-16(9-14)27-4/h8-10,12H,5-7,11H2,1-4H3,(H,20,21,23). The molecule has 1 heterocycles. The highest BCUT2D eigenvalue weighted by atomic mass is 32.1. The second kappa shape index (κ2) is 10.6. The largest absolute Gasteiger partial charge is 0.497 e. The minimum absolute atomic E-state index is 0.0965. The van der Waals surface area contributed by atoms with E-state index in [0.717, 1.165) is 5.69 Å². The number of aryl methyl sites for hydroxylation is 1. The van der Waals surface area contributed by atoms with E-state index < -0.39 is 0 Å². The summed E-state index contributed by atoms with van der Waals surface area (Å²) in [5, 5.41) is 5.09. The van der Waals surface area contributed by atoms with Crippen LogP contribution in [-0.2, 0) is 9.53 Å². The number of methoxy groups -OCH3 is 3. The number of anilines is 1. The molecule has 2 amide bonds. The van der Waals surface area contributed by atoms with Gasteiger partial charge in [-0.25, -0.2) is 4.98 Å². The molecule has 0 spiro atoms. The van der Waals surface area contributed by atoms with Crippen LogP contribution in [0.4, 0.5) is 5.13 Å². The van der Waals surface area contributed by atoms with E-state index in [-0.39, 0.29) is 18.4 Å². The van der Waals surface area contributed by atoms with Gasteiger partial charge in [0.2, 0.25) is 5.91 Å². The molecule has 0 aliphatic carbocycles. The molecule has 0 fully saturated rings. The molecule has 8 nitrogen and oxygen atoms in total. The van der Waals surface area contributed by atoms with Gasteiger partial charge in [-0.05, 0) is 25.5 Å². The first-order valence-corrected chi connectivity index (χ1v) is 9.58. The lowest BCUT2D eigenvalue weighted by molar-refractivity contribution is -0.116. The van der Waals surface area contributed by atoms with E-state index in [4.69, 9.17) is 14.2 Å². The monoisotopic (exact) mass is 407 g/mol. The van der Waals surface area contributed by atoms with Crippen LogP contribution in [-0.4, -0.2) is 62.7 Å². The summed E-state index contributed by atoms with van der Waals surface area (Å²) in [7, 11) is 4.63. The van der Waals surface area contributed by atoms with Crippen molar-refractivity contribution in [1.29, 1.82) is 0 Å². The van der Waals surface area contributed by atoms with Gasteiger partial charge in [-0.1, -0.05) is 0 Å². The number of nitrogens with one attached hydrogen (secondary N) is 1. The van der Waals surface area contributed by atoms with E-state index in [1.165, 1.54) is 30.5 Å². The number of ether oxygens (including phenoxy) is 3. The van der Waals surface area contributed by atoms with Gasteiger partial charge in [-0.2, -0.15) is 0 Å². The molecule has 0 radical (unpaired) electrons. The minimum atomic E-state index is -0.310. The Morgan fingerprint density at radius 2 is 1.82 bits per heavy atom. The summed E-state index contributed by atoms with van der Waals surface area (Å²) in [5.74, 6) is 0.401. The third kappa shape index (κ3) is 6.21. The van der Waals surface area contributed by atoms with E-state index in [1.807, 2.05) is 12.3 Å². The Morgan fingerprint density at radius 3 is 2.36 bits per heavy atom. The molecule has 2 aromatic rings. The zero-order valence-electron chi connectivity index (χ0n) is 16.5. The second-order valence-corrected chi connectivity index (χ2v) is 6.87. The van der Waals surface area contributed by atoms with Crippen LogP contribution < -0.4 is 14.8 Å². The number of aromatic nitrogens is 1. The maximum atomic E-state index is 13.0. The fourth-order valence-electron chi connectivity index (χ4n) is 2.51. The molecule has 1 aromatic carbocycles. The zero-order chi connectivity index (χ0) is 20.5. The van der Waals surface area contributed by atoms with E-state index in [1.54, 1.807) is 25.3 Å². The molecule has 0 atom stereocenters. The summed E-state index contributed by atoms with van der Waals surface area (Å²) in [4.78, 5) is 31.2. The van der Waals surface area contributed by atoms with Gasteiger partial charge in [0.05, 0.1) is 19.9 Å². The predicted octanol–water partition coefficient (Wildman–Crippen LogP) is 2.59. The number of nitrogens with zero attached hydrogens (tertiary/aromatic N) is 2. The highest BCUT2D eigenvalue weighted by Crippen LogP contribution is 2.23. The van der Waals surface area contributed by atoms with Crippen molar-refractivity contribution in [2.75, 3.05) is 46.3 Å². The normalized spacial score (nSPS) is 10.4. The maximum Gasteiger partial charge on any atom is 0.254 e. The minimum Gasteiger partial charge on any atom is -0.497 e. The Labute approximate surface area is 168 Å². The number of thiazole rings is 1. The van der Waals surface area contributed by atoms with Gasteiger partial charge in [0.1, 0.15) is 18.0 Å². The van der Waals surface area contributed by atoms with E-state index in [2.05, 4.69) is 10.3 Å². The van der Waals surface area contributed by atoms with Crippen LogP contribution in [0.5, 0.6) is 11.5 Å². The topological polar surface area (TPSA) is 90.0 Å². The van der Waals surface area contributed by atoms with Crippen molar-refractivity contribution in [2.45, 2.75) is 13.3 Å². The first-order valence-electron chi connectivity index (χ1n) is 8.70. The van der Waals surface area contributed by atoms with Crippen LogP contribution in [0.2, 0.25) is 0 Å². The van der Waals surface area contributed by atoms with Crippen LogP contribution in [0.1, 0.15) is 22.5 Å². The van der Waals surface area contributed by atoms with E-state index in [0.29, 0.717) is 41.8 Å². The van der Waals surface area contributed by atoms with Crippen molar-refractivity contribution in [3.63, 3.8) is 0 Å². The molecule has 0 aliphatic rings. The van der Waals surface area contributed by atoms with Crippen LogP contribution in [0, 0.1) is 6.92 Å².